The van der Waals surface area contributed by atoms with E-state index >= 15 is 0 Å². The molecule has 10 heteroatoms. The summed E-state index contributed by atoms with van der Waals surface area (Å²) in [5.41, 5.74) is -0.0127. The van der Waals surface area contributed by atoms with Crippen molar-refractivity contribution in [3.63, 3.8) is 0 Å². The summed E-state index contributed by atoms with van der Waals surface area (Å²) in [6.07, 6.45) is 1.23. The van der Waals surface area contributed by atoms with E-state index in [1.807, 2.05) is 0 Å². The van der Waals surface area contributed by atoms with Crippen molar-refractivity contribution >= 4 is 40.1 Å². The maximum absolute atomic E-state index is 14.5. The molecule has 208 valence electrons. The largest absolute Gasteiger partial charge is 0.462 e. The lowest BCUT2D eigenvalue weighted by Crippen LogP contribution is -2.22. The Morgan fingerprint density at radius 3 is 2.27 bits per heavy atom. The van der Waals surface area contributed by atoms with Crippen LogP contribution in [0.15, 0.2) is 65.6 Å². The fourth-order valence-electron chi connectivity index (χ4n) is 4.11. The topological polar surface area (TPSA) is 86.6 Å². The van der Waals surface area contributed by atoms with Gasteiger partial charge in [-0.2, -0.15) is 0 Å². The van der Waals surface area contributed by atoms with Gasteiger partial charge < -0.3 is 19.4 Å². The molecule has 0 aliphatic heterocycles. The zero-order chi connectivity index (χ0) is 29.0. The molecule has 4 rings (SSSR count). The summed E-state index contributed by atoms with van der Waals surface area (Å²) in [6, 6.07) is 13.3. The van der Waals surface area contributed by atoms with Crippen LogP contribution in [0, 0.1) is 17.6 Å². The normalized spacial score (nSPS) is 11.1. The van der Waals surface area contributed by atoms with Gasteiger partial charge in [-0.3, -0.25) is 9.59 Å². The zero-order valence-corrected chi connectivity index (χ0v) is 22.9. The number of benzene rings is 3. The van der Waals surface area contributed by atoms with E-state index in [0.29, 0.717) is 17.0 Å². The summed E-state index contributed by atoms with van der Waals surface area (Å²) in [5, 5.41) is 2.86. The van der Waals surface area contributed by atoms with Crippen molar-refractivity contribution in [3.05, 3.63) is 99.3 Å². The third-order valence-corrected chi connectivity index (χ3v) is 6.47. The fourth-order valence-corrected chi connectivity index (χ4v) is 4.38. The first-order valence-corrected chi connectivity index (χ1v) is 13.1. The van der Waals surface area contributed by atoms with Crippen LogP contribution in [0.5, 0.6) is 11.5 Å². The zero-order valence-electron chi connectivity index (χ0n) is 22.1. The van der Waals surface area contributed by atoms with Crippen LogP contribution in [0.3, 0.4) is 0 Å². The molecule has 0 atom stereocenters. The number of fused-ring (bicyclic) bond motifs is 1. The number of aromatic nitrogens is 1. The highest BCUT2D eigenvalue weighted by Crippen LogP contribution is 2.33. The van der Waals surface area contributed by atoms with Gasteiger partial charge >= 0.3 is 5.97 Å². The number of carbonyl (C=O) groups excluding carboxylic acids is 2. The number of nitrogens with one attached hydrogen (secondary N) is 1. The molecule has 0 saturated heterocycles. The van der Waals surface area contributed by atoms with E-state index in [0.717, 1.165) is 12.1 Å². The van der Waals surface area contributed by atoms with Crippen LogP contribution in [0.1, 0.15) is 42.3 Å². The van der Waals surface area contributed by atoms with Gasteiger partial charge in [-0.15, -0.1) is 11.6 Å². The molecule has 1 aromatic heterocycles. The lowest BCUT2D eigenvalue weighted by atomic mass is 10.0. The Hall–Kier alpha value is -4.24. The summed E-state index contributed by atoms with van der Waals surface area (Å²) in [4.78, 5) is 38.2. The molecule has 0 bridgehead atoms. The summed E-state index contributed by atoms with van der Waals surface area (Å²) >= 11 is 6.31. The van der Waals surface area contributed by atoms with Crippen LogP contribution < -0.4 is 15.5 Å². The second-order valence-electron chi connectivity index (χ2n) is 9.26. The van der Waals surface area contributed by atoms with Gasteiger partial charge in [-0.25, -0.2) is 13.6 Å². The number of pyridine rings is 1. The number of hydrogen-bond acceptors (Lipinski definition) is 5. The standard InChI is InChI=1S/C30H27ClF2N2O5/c1-4-39-30(38)22-16-35(15-21-23(32)6-5-7-24(21)33)25-12-13-26(20(14-31)27(25)28(22)36)40-19-10-8-18(9-11-19)34-29(37)17(2)3/h5-13,16-17H,4,14-15H2,1-3H3,(H,34,37). The number of rotatable bonds is 9. The first-order chi connectivity index (χ1) is 19.1. The van der Waals surface area contributed by atoms with Gasteiger partial charge in [-0.05, 0) is 55.5 Å². The number of amides is 1. The van der Waals surface area contributed by atoms with E-state index in [2.05, 4.69) is 5.32 Å². The molecule has 0 unspecified atom stereocenters. The highest BCUT2D eigenvalue weighted by atomic mass is 35.5. The van der Waals surface area contributed by atoms with E-state index in [1.54, 1.807) is 57.2 Å². The maximum Gasteiger partial charge on any atom is 0.343 e. The van der Waals surface area contributed by atoms with E-state index < -0.39 is 23.0 Å². The highest BCUT2D eigenvalue weighted by molar-refractivity contribution is 6.18. The van der Waals surface area contributed by atoms with Crippen LogP contribution in [-0.2, 0) is 22.0 Å². The number of carbonyl (C=O) groups is 2. The van der Waals surface area contributed by atoms with Crippen molar-refractivity contribution in [1.82, 2.24) is 4.57 Å². The number of hydrogen-bond donors (Lipinski definition) is 1. The Morgan fingerprint density at radius 1 is 1.00 bits per heavy atom. The van der Waals surface area contributed by atoms with Crippen LogP contribution in [0.4, 0.5) is 14.5 Å². The lowest BCUT2D eigenvalue weighted by Gasteiger charge is -2.18. The Morgan fingerprint density at radius 2 is 1.68 bits per heavy atom. The second-order valence-corrected chi connectivity index (χ2v) is 9.53. The molecule has 40 heavy (non-hydrogen) atoms. The number of alkyl halides is 1. The third-order valence-electron chi connectivity index (χ3n) is 6.21. The molecule has 7 nitrogen and oxygen atoms in total. The molecule has 1 N–H and O–H groups in total. The maximum atomic E-state index is 14.5. The predicted molar refractivity (Wildman–Crippen MR) is 149 cm³/mol. The summed E-state index contributed by atoms with van der Waals surface area (Å²) < 4.78 is 41.5. The first-order valence-electron chi connectivity index (χ1n) is 12.6. The molecule has 0 fully saturated rings. The van der Waals surface area contributed by atoms with Gasteiger partial charge in [-0.1, -0.05) is 19.9 Å². The highest BCUT2D eigenvalue weighted by Gasteiger charge is 2.22. The molecule has 0 aliphatic rings. The van der Waals surface area contributed by atoms with Gasteiger partial charge in [0.2, 0.25) is 11.3 Å². The Labute approximate surface area is 234 Å². The van der Waals surface area contributed by atoms with E-state index in [-0.39, 0.29) is 58.7 Å². The lowest BCUT2D eigenvalue weighted by molar-refractivity contribution is -0.118. The van der Waals surface area contributed by atoms with E-state index in [4.69, 9.17) is 21.1 Å². The van der Waals surface area contributed by atoms with Crippen molar-refractivity contribution < 1.29 is 27.8 Å². The van der Waals surface area contributed by atoms with Crippen molar-refractivity contribution in [2.45, 2.75) is 33.2 Å². The number of ether oxygens (including phenoxy) is 2. The van der Waals surface area contributed by atoms with E-state index in [1.165, 1.54) is 16.8 Å². The third kappa shape index (κ3) is 5.99. The molecule has 0 aliphatic carbocycles. The van der Waals surface area contributed by atoms with Crippen LogP contribution >= 0.6 is 11.6 Å². The molecule has 0 spiro atoms. The molecule has 1 amide bonds. The molecule has 3 aromatic carbocycles. The summed E-state index contributed by atoms with van der Waals surface area (Å²) in [5.74, 6) is -2.22. The fraction of sp³-hybridized carbons (Fsp3) is 0.233. The molecule has 0 radical (unpaired) electrons. The van der Waals surface area contributed by atoms with E-state index in [9.17, 15) is 23.2 Å². The van der Waals surface area contributed by atoms with Crippen molar-refractivity contribution in [1.29, 1.82) is 0 Å². The van der Waals surface area contributed by atoms with Crippen molar-refractivity contribution in [3.8, 4) is 11.5 Å². The smallest absolute Gasteiger partial charge is 0.343 e. The van der Waals surface area contributed by atoms with Crippen LogP contribution in [0.2, 0.25) is 0 Å². The molecule has 0 saturated carbocycles. The molecular weight excluding hydrogens is 542 g/mol. The minimum Gasteiger partial charge on any atom is -0.462 e. The van der Waals surface area contributed by atoms with Gasteiger partial charge in [0.1, 0.15) is 28.7 Å². The van der Waals surface area contributed by atoms with Crippen molar-refractivity contribution in [2.75, 3.05) is 11.9 Å². The van der Waals surface area contributed by atoms with Crippen molar-refractivity contribution in [2.24, 2.45) is 5.92 Å². The monoisotopic (exact) mass is 568 g/mol. The average molecular weight is 569 g/mol. The van der Waals surface area contributed by atoms with Gasteiger partial charge in [0.25, 0.3) is 0 Å². The van der Waals surface area contributed by atoms with Crippen LogP contribution in [0.25, 0.3) is 10.9 Å². The Kier molecular flexibility index (Phi) is 8.84. The minimum absolute atomic E-state index is 0.0252. The quantitative estimate of drug-likeness (QED) is 0.181. The Balaban J connectivity index is 1.82. The van der Waals surface area contributed by atoms with Gasteiger partial charge in [0, 0.05) is 28.9 Å². The number of esters is 1. The SMILES string of the molecule is CCOC(=O)c1cn(Cc2c(F)cccc2F)c2ccc(Oc3ccc(NC(=O)C(C)C)cc3)c(CCl)c2c1=O. The minimum atomic E-state index is -0.872. The summed E-state index contributed by atoms with van der Waals surface area (Å²) in [6.45, 7) is 4.90. The molecular formula is C30H27ClF2N2O5. The predicted octanol–water partition coefficient (Wildman–Crippen LogP) is 6.63. The van der Waals surface area contributed by atoms with Crippen LogP contribution in [-0.4, -0.2) is 23.1 Å². The Bertz CT molecular complexity index is 1610. The number of nitrogens with zero attached hydrogens (tertiary/aromatic N) is 1. The molecule has 4 aromatic rings. The van der Waals surface area contributed by atoms with Gasteiger partial charge in [0.15, 0.2) is 0 Å². The molecule has 1 heterocycles. The average Bonchev–Trinajstić information content (AvgIpc) is 2.92. The number of halogens is 3. The second kappa shape index (κ2) is 12.3. The first kappa shape index (κ1) is 28.8. The van der Waals surface area contributed by atoms with Gasteiger partial charge in [0.05, 0.1) is 29.9 Å². The number of anilines is 1. The summed E-state index contributed by atoms with van der Waals surface area (Å²) in [7, 11) is 0.